The zero-order chi connectivity index (χ0) is 13.8. The van der Waals surface area contributed by atoms with Gasteiger partial charge in [0.1, 0.15) is 5.84 Å². The normalized spacial score (nSPS) is 18.5. The first-order chi connectivity index (χ1) is 9.84. The molecule has 0 spiro atoms. The maximum Gasteiger partial charge on any atom is 0.109 e. The molecular weight excluding hydrogens is 244 g/mol. The molecule has 3 rings (SSSR count). The van der Waals surface area contributed by atoms with Gasteiger partial charge >= 0.3 is 0 Å². The maximum absolute atomic E-state index is 4.74. The Hall–Kier alpha value is -2.09. The van der Waals surface area contributed by atoms with Crippen molar-refractivity contribution in [1.29, 1.82) is 0 Å². The van der Waals surface area contributed by atoms with E-state index in [1.54, 1.807) is 0 Å². The van der Waals surface area contributed by atoms with E-state index in [2.05, 4.69) is 72.9 Å². The van der Waals surface area contributed by atoms with Crippen LogP contribution in [0.1, 0.15) is 30.4 Å². The van der Waals surface area contributed by atoms with Gasteiger partial charge in [0.05, 0.1) is 5.92 Å². The van der Waals surface area contributed by atoms with Crippen molar-refractivity contribution in [3.05, 3.63) is 71.8 Å². The van der Waals surface area contributed by atoms with Crippen molar-refractivity contribution >= 4 is 5.84 Å². The first kappa shape index (κ1) is 12.9. The Morgan fingerprint density at radius 3 is 2.00 bits per heavy atom. The fourth-order valence-electron chi connectivity index (χ4n) is 2.72. The van der Waals surface area contributed by atoms with E-state index in [0.717, 1.165) is 18.8 Å². The highest BCUT2D eigenvalue weighted by Crippen LogP contribution is 2.26. The zero-order valence-electron chi connectivity index (χ0n) is 11.8. The van der Waals surface area contributed by atoms with Crippen LogP contribution in [0.4, 0.5) is 0 Å². The lowest BCUT2D eigenvalue weighted by Gasteiger charge is -2.28. The molecule has 0 aromatic heterocycles. The summed E-state index contributed by atoms with van der Waals surface area (Å²) in [4.78, 5) is 4.74. The van der Waals surface area contributed by atoms with Crippen LogP contribution in [0.2, 0.25) is 0 Å². The van der Waals surface area contributed by atoms with E-state index in [9.17, 15) is 0 Å². The molecule has 0 saturated heterocycles. The van der Waals surface area contributed by atoms with Gasteiger partial charge < -0.3 is 5.32 Å². The van der Waals surface area contributed by atoms with Gasteiger partial charge in [0.15, 0.2) is 0 Å². The van der Waals surface area contributed by atoms with Crippen molar-refractivity contribution in [2.75, 3.05) is 6.54 Å². The fraction of sp³-hybridized carbons (Fsp3) is 0.278. The third kappa shape index (κ3) is 2.74. The predicted molar refractivity (Wildman–Crippen MR) is 84.2 cm³/mol. The molecule has 1 heterocycles. The summed E-state index contributed by atoms with van der Waals surface area (Å²) in [5.74, 6) is 1.31. The smallest absolute Gasteiger partial charge is 0.109 e. The lowest BCUT2D eigenvalue weighted by atomic mass is 9.89. The standard InChI is InChI=1S/C18H20N2/c1-14-12-13-19-18(20-14)17(15-8-4-2-5-9-15)16-10-6-3-7-11-16/h2-11,14,17H,12-13H2,1H3,(H,19,20). The molecule has 0 radical (unpaired) electrons. The molecule has 0 bridgehead atoms. The molecule has 20 heavy (non-hydrogen) atoms. The summed E-state index contributed by atoms with van der Waals surface area (Å²) < 4.78 is 0. The largest absolute Gasteiger partial charge is 0.371 e. The first-order valence-electron chi connectivity index (χ1n) is 7.25. The minimum Gasteiger partial charge on any atom is -0.371 e. The summed E-state index contributed by atoms with van der Waals surface area (Å²) in [6.07, 6.45) is 1.11. The van der Waals surface area contributed by atoms with Gasteiger partial charge in [-0.05, 0) is 24.5 Å². The molecule has 0 fully saturated rings. The summed E-state index contributed by atoms with van der Waals surface area (Å²) in [5, 5.41) is 3.56. The average Bonchev–Trinajstić information content (AvgIpc) is 2.50. The van der Waals surface area contributed by atoms with E-state index in [1.807, 2.05) is 0 Å². The van der Waals surface area contributed by atoms with Crippen molar-refractivity contribution in [2.45, 2.75) is 25.3 Å². The Kier molecular flexibility index (Phi) is 3.82. The lowest BCUT2D eigenvalue weighted by molar-refractivity contribution is 0.576. The number of nitrogens with one attached hydrogen (secondary N) is 1. The Morgan fingerprint density at radius 1 is 0.950 bits per heavy atom. The number of hydrogen-bond acceptors (Lipinski definition) is 2. The summed E-state index contributed by atoms with van der Waals surface area (Å²) >= 11 is 0. The van der Waals surface area contributed by atoms with Crippen molar-refractivity contribution < 1.29 is 0 Å². The molecule has 1 atom stereocenters. The molecule has 2 heteroatoms. The molecule has 0 aliphatic carbocycles. The third-order valence-corrected chi connectivity index (χ3v) is 3.78. The minimum absolute atomic E-state index is 0.208. The van der Waals surface area contributed by atoms with E-state index in [4.69, 9.17) is 4.99 Å². The monoisotopic (exact) mass is 264 g/mol. The van der Waals surface area contributed by atoms with Gasteiger partial charge in [0, 0.05) is 12.6 Å². The average molecular weight is 264 g/mol. The Morgan fingerprint density at radius 2 is 1.50 bits per heavy atom. The van der Waals surface area contributed by atoms with Crippen molar-refractivity contribution in [3.63, 3.8) is 0 Å². The Bertz CT molecular complexity index is 535. The van der Waals surface area contributed by atoms with Crippen LogP contribution < -0.4 is 5.32 Å². The fourth-order valence-corrected chi connectivity index (χ4v) is 2.72. The highest BCUT2D eigenvalue weighted by atomic mass is 15.1. The van der Waals surface area contributed by atoms with Crippen molar-refractivity contribution in [1.82, 2.24) is 5.32 Å². The zero-order valence-corrected chi connectivity index (χ0v) is 11.8. The molecule has 1 aliphatic rings. The summed E-state index contributed by atoms with van der Waals surface area (Å²) in [5.41, 5.74) is 2.58. The highest BCUT2D eigenvalue weighted by molar-refractivity contribution is 5.92. The maximum atomic E-state index is 4.74. The first-order valence-corrected chi connectivity index (χ1v) is 7.25. The predicted octanol–water partition coefficient (Wildman–Crippen LogP) is 3.60. The molecule has 0 amide bonds. The molecule has 1 N–H and O–H groups in total. The minimum atomic E-state index is 0.208. The summed E-state index contributed by atoms with van der Waals surface area (Å²) in [7, 11) is 0. The van der Waals surface area contributed by atoms with Crippen molar-refractivity contribution in [3.8, 4) is 0 Å². The molecule has 2 aromatic rings. The number of rotatable bonds is 3. The van der Waals surface area contributed by atoms with Crippen LogP contribution in [0.15, 0.2) is 65.7 Å². The van der Waals surface area contributed by atoms with E-state index in [-0.39, 0.29) is 5.92 Å². The number of amidine groups is 1. The second kappa shape index (κ2) is 5.91. The highest BCUT2D eigenvalue weighted by Gasteiger charge is 2.23. The van der Waals surface area contributed by atoms with Crippen LogP contribution in [0, 0.1) is 0 Å². The number of nitrogens with zero attached hydrogens (tertiary/aromatic N) is 1. The van der Waals surface area contributed by atoms with Crippen LogP contribution >= 0.6 is 0 Å². The molecule has 1 unspecified atom stereocenters. The van der Waals surface area contributed by atoms with E-state index < -0.39 is 0 Å². The number of benzene rings is 2. The molecule has 1 aliphatic heterocycles. The van der Waals surface area contributed by atoms with Crippen LogP contribution in [0.25, 0.3) is 0 Å². The summed E-state index contributed by atoms with van der Waals surface area (Å²) in [6.45, 7) is 3.14. The third-order valence-electron chi connectivity index (χ3n) is 3.78. The van der Waals surface area contributed by atoms with Gasteiger partial charge in [-0.1, -0.05) is 60.7 Å². The van der Waals surface area contributed by atoms with Gasteiger partial charge in [-0.25, -0.2) is 0 Å². The van der Waals surface area contributed by atoms with Crippen LogP contribution in [-0.4, -0.2) is 18.4 Å². The van der Waals surface area contributed by atoms with E-state index in [0.29, 0.717) is 6.04 Å². The summed E-state index contributed by atoms with van der Waals surface area (Å²) in [6, 6.07) is 21.7. The number of aliphatic imine (C=N–C) groups is 1. The lowest BCUT2D eigenvalue weighted by Crippen LogP contribution is -2.40. The van der Waals surface area contributed by atoms with E-state index in [1.165, 1.54) is 11.1 Å². The van der Waals surface area contributed by atoms with Gasteiger partial charge in [-0.15, -0.1) is 0 Å². The second-order valence-corrected chi connectivity index (χ2v) is 5.36. The Balaban J connectivity index is 2.02. The molecule has 0 saturated carbocycles. The topological polar surface area (TPSA) is 24.4 Å². The van der Waals surface area contributed by atoms with Gasteiger partial charge in [-0.2, -0.15) is 0 Å². The quantitative estimate of drug-likeness (QED) is 0.900. The van der Waals surface area contributed by atoms with Crippen LogP contribution in [-0.2, 0) is 0 Å². The van der Waals surface area contributed by atoms with Gasteiger partial charge in [0.2, 0.25) is 0 Å². The van der Waals surface area contributed by atoms with Crippen molar-refractivity contribution in [2.24, 2.45) is 4.99 Å². The molecular formula is C18H20N2. The van der Waals surface area contributed by atoms with Crippen LogP contribution in [0.3, 0.4) is 0 Å². The Labute approximate surface area is 120 Å². The number of hydrogen-bond donors (Lipinski definition) is 1. The molecule has 2 aromatic carbocycles. The molecule has 102 valence electrons. The SMILES string of the molecule is CC1CCN=C(C(c2ccccc2)c2ccccc2)N1. The molecule has 2 nitrogen and oxygen atoms in total. The second-order valence-electron chi connectivity index (χ2n) is 5.36. The van der Waals surface area contributed by atoms with Gasteiger partial charge in [-0.3, -0.25) is 4.99 Å². The van der Waals surface area contributed by atoms with Gasteiger partial charge in [0.25, 0.3) is 0 Å². The van der Waals surface area contributed by atoms with E-state index >= 15 is 0 Å². The van der Waals surface area contributed by atoms with Crippen LogP contribution in [0.5, 0.6) is 0 Å².